The van der Waals surface area contributed by atoms with Crippen molar-refractivity contribution in [1.82, 2.24) is 5.32 Å². The maximum atomic E-state index is 8.28. The highest BCUT2D eigenvalue weighted by atomic mass is 79.9. The standard InChI is InChI=1S/C8H9BrN2S/c9-7-2-5-12-8(7)6-11-4-1-3-10/h2,5,11H,1,4,6H2. The van der Waals surface area contributed by atoms with Crippen LogP contribution in [0.2, 0.25) is 0 Å². The van der Waals surface area contributed by atoms with Gasteiger partial charge < -0.3 is 5.32 Å². The average Bonchev–Trinajstić information content (AvgIpc) is 2.46. The number of nitrogens with zero attached hydrogens (tertiary/aromatic N) is 1. The molecule has 0 atom stereocenters. The van der Waals surface area contributed by atoms with E-state index in [1.807, 2.05) is 11.4 Å². The first kappa shape index (κ1) is 9.72. The first-order valence-electron chi connectivity index (χ1n) is 3.64. The first-order chi connectivity index (χ1) is 5.84. The van der Waals surface area contributed by atoms with Gasteiger partial charge in [0.1, 0.15) is 0 Å². The summed E-state index contributed by atoms with van der Waals surface area (Å²) in [5.41, 5.74) is 0. The minimum absolute atomic E-state index is 0.572. The van der Waals surface area contributed by atoms with Gasteiger partial charge in [-0.2, -0.15) is 5.26 Å². The van der Waals surface area contributed by atoms with E-state index in [1.54, 1.807) is 11.3 Å². The van der Waals surface area contributed by atoms with Crippen LogP contribution in [0, 0.1) is 11.3 Å². The van der Waals surface area contributed by atoms with E-state index in [4.69, 9.17) is 5.26 Å². The summed E-state index contributed by atoms with van der Waals surface area (Å²) in [5.74, 6) is 0. The third kappa shape index (κ3) is 2.94. The van der Waals surface area contributed by atoms with Crippen molar-refractivity contribution >= 4 is 27.3 Å². The zero-order chi connectivity index (χ0) is 8.81. The van der Waals surface area contributed by atoms with Gasteiger partial charge >= 0.3 is 0 Å². The number of hydrogen-bond donors (Lipinski definition) is 1. The number of halogens is 1. The van der Waals surface area contributed by atoms with E-state index in [2.05, 4.69) is 27.3 Å². The van der Waals surface area contributed by atoms with E-state index in [1.165, 1.54) is 4.88 Å². The van der Waals surface area contributed by atoms with Crippen LogP contribution >= 0.6 is 27.3 Å². The van der Waals surface area contributed by atoms with E-state index in [9.17, 15) is 0 Å². The second kappa shape index (κ2) is 5.31. The molecule has 0 unspecified atom stereocenters. The van der Waals surface area contributed by atoms with Crippen molar-refractivity contribution in [2.45, 2.75) is 13.0 Å². The highest BCUT2D eigenvalue weighted by Gasteiger charge is 1.98. The van der Waals surface area contributed by atoms with Crippen molar-refractivity contribution in [2.75, 3.05) is 6.54 Å². The molecule has 0 saturated heterocycles. The normalized spacial score (nSPS) is 9.67. The second-order valence-electron chi connectivity index (χ2n) is 2.28. The maximum Gasteiger partial charge on any atom is 0.0635 e. The monoisotopic (exact) mass is 244 g/mol. The Balaban J connectivity index is 2.25. The molecule has 0 spiro atoms. The summed E-state index contributed by atoms with van der Waals surface area (Å²) in [6, 6.07) is 4.13. The van der Waals surface area contributed by atoms with E-state index in [0.717, 1.165) is 17.6 Å². The summed E-state index contributed by atoms with van der Waals surface area (Å²) < 4.78 is 1.15. The fourth-order valence-electron chi connectivity index (χ4n) is 0.797. The fraction of sp³-hybridized carbons (Fsp3) is 0.375. The van der Waals surface area contributed by atoms with Crippen LogP contribution < -0.4 is 5.32 Å². The summed E-state index contributed by atoms with van der Waals surface area (Å²) in [7, 11) is 0. The lowest BCUT2D eigenvalue weighted by Gasteiger charge is -1.99. The number of nitrogens with one attached hydrogen (secondary N) is 1. The minimum Gasteiger partial charge on any atom is -0.311 e. The molecule has 0 aliphatic rings. The Morgan fingerprint density at radius 1 is 1.67 bits per heavy atom. The first-order valence-corrected chi connectivity index (χ1v) is 5.31. The predicted molar refractivity (Wildman–Crippen MR) is 54.0 cm³/mol. The predicted octanol–water partition coefficient (Wildman–Crippen LogP) is 2.51. The molecule has 0 radical (unpaired) electrons. The van der Waals surface area contributed by atoms with Crippen LogP contribution in [0.4, 0.5) is 0 Å². The molecule has 0 aliphatic carbocycles. The average molecular weight is 245 g/mol. The summed E-state index contributed by atoms with van der Waals surface area (Å²) in [6.07, 6.45) is 0.572. The van der Waals surface area contributed by atoms with Gasteiger partial charge in [-0.05, 0) is 27.4 Å². The van der Waals surface area contributed by atoms with Crippen LogP contribution in [0.3, 0.4) is 0 Å². The van der Waals surface area contributed by atoms with Crippen LogP contribution in [0.25, 0.3) is 0 Å². The molecule has 4 heteroatoms. The summed E-state index contributed by atoms with van der Waals surface area (Å²) >= 11 is 5.16. The highest BCUT2D eigenvalue weighted by Crippen LogP contribution is 2.21. The fourth-order valence-corrected chi connectivity index (χ4v) is 2.26. The van der Waals surface area contributed by atoms with Crippen LogP contribution in [-0.2, 0) is 6.54 Å². The zero-order valence-corrected chi connectivity index (χ0v) is 8.91. The van der Waals surface area contributed by atoms with Gasteiger partial charge in [0.15, 0.2) is 0 Å². The Morgan fingerprint density at radius 3 is 3.08 bits per heavy atom. The molecule has 1 N–H and O–H groups in total. The summed E-state index contributed by atoms with van der Waals surface area (Å²) in [4.78, 5) is 1.29. The third-order valence-electron chi connectivity index (χ3n) is 1.39. The van der Waals surface area contributed by atoms with E-state index in [-0.39, 0.29) is 0 Å². The van der Waals surface area contributed by atoms with E-state index in [0.29, 0.717) is 6.42 Å². The zero-order valence-electron chi connectivity index (χ0n) is 6.51. The highest BCUT2D eigenvalue weighted by molar-refractivity contribution is 9.10. The van der Waals surface area contributed by atoms with Crippen molar-refractivity contribution in [2.24, 2.45) is 0 Å². The molecule has 0 bridgehead atoms. The van der Waals surface area contributed by atoms with Gasteiger partial charge in [0.05, 0.1) is 6.07 Å². The van der Waals surface area contributed by atoms with E-state index >= 15 is 0 Å². The molecule has 64 valence electrons. The van der Waals surface area contributed by atoms with Crippen molar-refractivity contribution in [3.05, 3.63) is 20.8 Å². The smallest absolute Gasteiger partial charge is 0.0635 e. The van der Waals surface area contributed by atoms with Gasteiger partial charge in [-0.25, -0.2) is 0 Å². The van der Waals surface area contributed by atoms with Crippen LogP contribution in [-0.4, -0.2) is 6.54 Å². The molecule has 2 nitrogen and oxygen atoms in total. The summed E-state index contributed by atoms with van der Waals surface area (Å²) in [6.45, 7) is 1.61. The SMILES string of the molecule is N#CCCNCc1sccc1Br. The van der Waals surface area contributed by atoms with Crippen LogP contribution in [0.5, 0.6) is 0 Å². The minimum atomic E-state index is 0.572. The van der Waals surface area contributed by atoms with Gasteiger partial charge in [-0.1, -0.05) is 0 Å². The molecule has 12 heavy (non-hydrogen) atoms. The second-order valence-corrected chi connectivity index (χ2v) is 4.13. The maximum absolute atomic E-state index is 8.28. The Bertz CT molecular complexity index is 277. The molecule has 0 aromatic carbocycles. The van der Waals surface area contributed by atoms with Gasteiger partial charge in [0.2, 0.25) is 0 Å². The van der Waals surface area contributed by atoms with Gasteiger partial charge in [-0.3, -0.25) is 0 Å². The molecule has 1 rings (SSSR count). The molecular formula is C8H9BrN2S. The summed E-state index contributed by atoms with van der Waals surface area (Å²) in [5, 5.41) is 13.5. The number of rotatable bonds is 4. The quantitative estimate of drug-likeness (QED) is 0.827. The lowest BCUT2D eigenvalue weighted by atomic mass is 10.4. The van der Waals surface area contributed by atoms with Crippen LogP contribution in [0.15, 0.2) is 15.9 Å². The Hall–Kier alpha value is -0.370. The van der Waals surface area contributed by atoms with Gasteiger partial charge in [-0.15, -0.1) is 11.3 Å². The Kier molecular flexibility index (Phi) is 4.30. The van der Waals surface area contributed by atoms with Crippen molar-refractivity contribution < 1.29 is 0 Å². The Morgan fingerprint density at radius 2 is 2.50 bits per heavy atom. The van der Waals surface area contributed by atoms with Gasteiger partial charge in [0.25, 0.3) is 0 Å². The van der Waals surface area contributed by atoms with Crippen molar-refractivity contribution in [3.63, 3.8) is 0 Å². The van der Waals surface area contributed by atoms with Gasteiger partial charge in [0, 0.05) is 28.9 Å². The number of hydrogen-bond acceptors (Lipinski definition) is 3. The molecular weight excluding hydrogens is 236 g/mol. The lowest BCUT2D eigenvalue weighted by molar-refractivity contribution is 0.705. The largest absolute Gasteiger partial charge is 0.311 e. The molecule has 1 heterocycles. The molecule has 1 aromatic rings. The molecule has 0 aliphatic heterocycles. The molecule has 0 amide bonds. The van der Waals surface area contributed by atoms with E-state index < -0.39 is 0 Å². The number of nitriles is 1. The van der Waals surface area contributed by atoms with Crippen molar-refractivity contribution in [1.29, 1.82) is 5.26 Å². The molecule has 0 saturated carbocycles. The molecule has 1 aromatic heterocycles. The lowest BCUT2D eigenvalue weighted by Crippen LogP contribution is -2.13. The van der Waals surface area contributed by atoms with Crippen LogP contribution in [0.1, 0.15) is 11.3 Å². The number of thiophene rings is 1. The third-order valence-corrected chi connectivity index (χ3v) is 3.32. The Labute approximate surface area is 84.3 Å². The van der Waals surface area contributed by atoms with Crippen molar-refractivity contribution in [3.8, 4) is 6.07 Å². The topological polar surface area (TPSA) is 35.8 Å². The molecule has 0 fully saturated rings.